The van der Waals surface area contributed by atoms with Gasteiger partial charge >= 0.3 is 0 Å². The number of nitrogens with zero attached hydrogens (tertiary/aromatic N) is 2. The second-order valence-electron chi connectivity index (χ2n) is 8.90. The Hall–Kier alpha value is -3.42. The summed E-state index contributed by atoms with van der Waals surface area (Å²) < 4.78 is 31.8. The zero-order valence-corrected chi connectivity index (χ0v) is 18.3. The molecule has 7 nitrogen and oxygen atoms in total. The minimum atomic E-state index is -0.817. The Morgan fingerprint density at radius 2 is 1.85 bits per heavy atom. The van der Waals surface area contributed by atoms with Crippen LogP contribution in [0, 0.1) is 33.7 Å². The molecular formula is C25H25FN2O5. The predicted molar refractivity (Wildman–Crippen MR) is 120 cm³/mol. The average Bonchev–Trinajstić information content (AvgIpc) is 3.40. The lowest BCUT2D eigenvalue weighted by molar-refractivity contribution is -0.385. The van der Waals surface area contributed by atoms with E-state index in [1.807, 2.05) is 6.07 Å². The maximum absolute atomic E-state index is 14.3. The fourth-order valence-corrected chi connectivity index (χ4v) is 5.32. The van der Waals surface area contributed by atoms with Crippen molar-refractivity contribution in [2.24, 2.45) is 17.8 Å². The number of rotatable bonds is 7. The van der Waals surface area contributed by atoms with E-state index in [-0.39, 0.29) is 11.4 Å². The van der Waals surface area contributed by atoms with Crippen molar-refractivity contribution in [3.05, 3.63) is 58.5 Å². The molecule has 2 saturated carbocycles. The summed E-state index contributed by atoms with van der Waals surface area (Å²) in [6.45, 7) is 0.652. The van der Waals surface area contributed by atoms with E-state index in [0.29, 0.717) is 40.7 Å². The first-order valence-electron chi connectivity index (χ1n) is 11.2. The summed E-state index contributed by atoms with van der Waals surface area (Å²) in [6.07, 6.45) is 8.09. The maximum atomic E-state index is 14.3. The number of pyridine rings is 1. The van der Waals surface area contributed by atoms with Gasteiger partial charge in [0.1, 0.15) is 5.75 Å². The lowest BCUT2D eigenvalue weighted by atomic mass is 10.0. The number of hydrogen-bond donors (Lipinski definition) is 0. The Bertz CT molecular complexity index is 1190. The van der Waals surface area contributed by atoms with Gasteiger partial charge in [-0.3, -0.25) is 15.1 Å². The topological polar surface area (TPSA) is 83.7 Å². The number of ether oxygens (including phenoxy) is 3. The number of nitro benzene ring substituents is 1. The Morgan fingerprint density at radius 1 is 1.06 bits per heavy atom. The van der Waals surface area contributed by atoms with E-state index >= 15 is 0 Å². The lowest BCUT2D eigenvalue weighted by Crippen LogP contribution is -2.10. The standard InChI is InChI=1S/C25H25FN2O5/c1-31-24-12-19-21(13-25(24)32-14-15-9-16-3-2-4-17(16)10-15)27-8-7-22(19)33-23-6-5-18(28(29)30)11-20(23)26/h5-8,11-13,15-17H,2-4,9-10,14H2,1H3. The second-order valence-corrected chi connectivity index (χ2v) is 8.90. The highest BCUT2D eigenvalue weighted by Crippen LogP contribution is 2.47. The molecule has 0 bridgehead atoms. The molecule has 0 amide bonds. The molecule has 0 aliphatic heterocycles. The van der Waals surface area contributed by atoms with Crippen molar-refractivity contribution in [2.45, 2.75) is 32.1 Å². The molecule has 0 radical (unpaired) electrons. The van der Waals surface area contributed by atoms with E-state index < -0.39 is 10.7 Å². The minimum absolute atomic E-state index is 0.112. The van der Waals surface area contributed by atoms with Crippen LogP contribution in [0.3, 0.4) is 0 Å². The van der Waals surface area contributed by atoms with E-state index in [1.165, 1.54) is 44.2 Å². The molecule has 0 N–H and O–H groups in total. The molecular weight excluding hydrogens is 427 g/mol. The third-order valence-corrected chi connectivity index (χ3v) is 6.90. The average molecular weight is 452 g/mol. The highest BCUT2D eigenvalue weighted by molar-refractivity contribution is 5.88. The van der Waals surface area contributed by atoms with Crippen LogP contribution >= 0.6 is 0 Å². The molecule has 2 fully saturated rings. The van der Waals surface area contributed by atoms with Gasteiger partial charge in [-0.1, -0.05) is 19.3 Å². The summed E-state index contributed by atoms with van der Waals surface area (Å²) in [5, 5.41) is 11.5. The van der Waals surface area contributed by atoms with E-state index in [0.717, 1.165) is 17.9 Å². The van der Waals surface area contributed by atoms with Crippen LogP contribution in [0.15, 0.2) is 42.6 Å². The van der Waals surface area contributed by atoms with Crippen molar-refractivity contribution in [3.63, 3.8) is 0 Å². The number of halogens is 1. The number of nitro groups is 1. The van der Waals surface area contributed by atoms with E-state index in [1.54, 1.807) is 25.4 Å². The Kier molecular flexibility index (Phi) is 5.74. The Morgan fingerprint density at radius 3 is 2.55 bits per heavy atom. The zero-order valence-electron chi connectivity index (χ0n) is 18.3. The van der Waals surface area contributed by atoms with Crippen molar-refractivity contribution < 1.29 is 23.5 Å². The first-order chi connectivity index (χ1) is 16.0. The lowest BCUT2D eigenvalue weighted by Gasteiger charge is -2.16. The van der Waals surface area contributed by atoms with Gasteiger partial charge < -0.3 is 14.2 Å². The molecule has 2 atom stereocenters. The van der Waals surface area contributed by atoms with Crippen molar-refractivity contribution in [3.8, 4) is 23.0 Å². The first-order valence-corrected chi connectivity index (χ1v) is 11.2. The smallest absolute Gasteiger partial charge is 0.272 e. The predicted octanol–water partition coefficient (Wildman–Crippen LogP) is 6.29. The second kappa shape index (κ2) is 8.84. The maximum Gasteiger partial charge on any atom is 0.272 e. The summed E-state index contributed by atoms with van der Waals surface area (Å²) >= 11 is 0. The monoisotopic (exact) mass is 452 g/mol. The number of methoxy groups -OCH3 is 1. The van der Waals surface area contributed by atoms with Gasteiger partial charge in [-0.05, 0) is 48.8 Å². The molecule has 1 aromatic heterocycles. The van der Waals surface area contributed by atoms with Gasteiger partial charge in [0, 0.05) is 23.7 Å². The van der Waals surface area contributed by atoms with Crippen molar-refractivity contribution in [1.29, 1.82) is 0 Å². The molecule has 0 spiro atoms. The summed E-state index contributed by atoms with van der Waals surface area (Å²) in [5.74, 6) is 2.88. The third-order valence-electron chi connectivity index (χ3n) is 6.90. The largest absolute Gasteiger partial charge is 0.493 e. The van der Waals surface area contributed by atoms with Crippen LogP contribution < -0.4 is 14.2 Å². The Labute approximate surface area is 190 Å². The van der Waals surface area contributed by atoms with Crippen LogP contribution in [0.2, 0.25) is 0 Å². The number of benzene rings is 2. The van der Waals surface area contributed by atoms with Gasteiger partial charge in [-0.25, -0.2) is 4.39 Å². The third kappa shape index (κ3) is 4.29. The fourth-order valence-electron chi connectivity index (χ4n) is 5.32. The van der Waals surface area contributed by atoms with E-state index in [2.05, 4.69) is 4.98 Å². The van der Waals surface area contributed by atoms with Gasteiger partial charge in [0.05, 0.1) is 30.2 Å². The Balaban J connectivity index is 1.37. The number of aromatic nitrogens is 1. The van der Waals surface area contributed by atoms with E-state index in [4.69, 9.17) is 14.2 Å². The van der Waals surface area contributed by atoms with Crippen molar-refractivity contribution in [1.82, 2.24) is 4.98 Å². The molecule has 172 valence electrons. The quantitative estimate of drug-likeness (QED) is 0.309. The van der Waals surface area contributed by atoms with Crippen LogP contribution in [-0.4, -0.2) is 23.6 Å². The highest BCUT2D eigenvalue weighted by atomic mass is 19.1. The number of non-ortho nitro benzene ring substituents is 1. The number of fused-ring (bicyclic) bond motifs is 2. The molecule has 3 aromatic rings. The van der Waals surface area contributed by atoms with E-state index in [9.17, 15) is 14.5 Å². The van der Waals surface area contributed by atoms with Crippen molar-refractivity contribution in [2.75, 3.05) is 13.7 Å². The van der Waals surface area contributed by atoms with Crippen molar-refractivity contribution >= 4 is 16.6 Å². The molecule has 33 heavy (non-hydrogen) atoms. The molecule has 2 aliphatic carbocycles. The number of hydrogen-bond acceptors (Lipinski definition) is 6. The van der Waals surface area contributed by atoms with Gasteiger partial charge in [0.15, 0.2) is 23.1 Å². The fraction of sp³-hybridized carbons (Fsp3) is 0.400. The van der Waals surface area contributed by atoms with Gasteiger partial charge in [-0.15, -0.1) is 0 Å². The molecule has 5 rings (SSSR count). The summed E-state index contributed by atoms with van der Waals surface area (Å²) in [5.41, 5.74) is 0.280. The van der Waals surface area contributed by atoms with Crippen LogP contribution in [0.25, 0.3) is 10.9 Å². The summed E-state index contributed by atoms with van der Waals surface area (Å²) in [7, 11) is 1.57. The highest BCUT2D eigenvalue weighted by Gasteiger charge is 2.37. The molecule has 2 aliphatic rings. The summed E-state index contributed by atoms with van der Waals surface area (Å²) in [4.78, 5) is 14.6. The zero-order chi connectivity index (χ0) is 22.9. The molecule has 8 heteroatoms. The summed E-state index contributed by atoms with van der Waals surface area (Å²) in [6, 6.07) is 8.46. The van der Waals surface area contributed by atoms with Crippen LogP contribution in [0.4, 0.5) is 10.1 Å². The van der Waals surface area contributed by atoms with Gasteiger partial charge in [0.25, 0.3) is 5.69 Å². The van der Waals surface area contributed by atoms with Crippen LogP contribution in [0.1, 0.15) is 32.1 Å². The molecule has 2 unspecified atom stereocenters. The van der Waals surface area contributed by atoms with Gasteiger partial charge in [-0.2, -0.15) is 0 Å². The first kappa shape index (κ1) is 21.4. The normalized spacial score (nSPS) is 21.7. The molecule has 1 heterocycles. The van der Waals surface area contributed by atoms with Crippen LogP contribution in [-0.2, 0) is 0 Å². The van der Waals surface area contributed by atoms with Gasteiger partial charge in [0.2, 0.25) is 0 Å². The molecule has 0 saturated heterocycles. The van der Waals surface area contributed by atoms with Crippen LogP contribution in [0.5, 0.6) is 23.0 Å². The minimum Gasteiger partial charge on any atom is -0.493 e. The molecule has 2 aromatic carbocycles. The SMILES string of the molecule is COc1cc2c(Oc3ccc([N+](=O)[O-])cc3F)ccnc2cc1OCC1CC2CCCC2C1.